The molecule has 0 aromatic carbocycles. The number of hydrogen-bond donors (Lipinski definition) is 3. The van der Waals surface area contributed by atoms with Crippen LogP contribution in [0.1, 0.15) is 20.3 Å². The van der Waals surface area contributed by atoms with Crippen LogP contribution in [-0.4, -0.2) is 54.2 Å². The Kier molecular flexibility index (Phi) is 4.74. The summed E-state index contributed by atoms with van der Waals surface area (Å²) in [7, 11) is 2.05. The van der Waals surface area contributed by atoms with Gasteiger partial charge in [-0.05, 0) is 32.9 Å². The molecule has 0 aliphatic carbocycles. The first-order valence-corrected chi connectivity index (χ1v) is 5.88. The fourth-order valence-electron chi connectivity index (χ4n) is 2.04. The summed E-state index contributed by atoms with van der Waals surface area (Å²) in [6, 6.07) is -1.15. The van der Waals surface area contributed by atoms with Crippen molar-refractivity contribution in [1.82, 2.24) is 15.5 Å². The van der Waals surface area contributed by atoms with E-state index < -0.39 is 18.0 Å². The quantitative estimate of drug-likeness (QED) is 0.656. The zero-order valence-corrected chi connectivity index (χ0v) is 10.6. The van der Waals surface area contributed by atoms with Gasteiger partial charge in [-0.25, -0.2) is 4.79 Å². The standard InChI is InChI=1S/C11H21N3O3/c1-7-6-14(3)5-4-9(7)13-11(17)12-8(2)10(15)16/h7-9H,4-6H2,1-3H3,(H,15,16)(H2,12,13,17)/t7?,8-,9?/m0/s1. The van der Waals surface area contributed by atoms with Gasteiger partial charge in [0.15, 0.2) is 0 Å². The van der Waals surface area contributed by atoms with Gasteiger partial charge in [-0.1, -0.05) is 6.92 Å². The van der Waals surface area contributed by atoms with Gasteiger partial charge < -0.3 is 20.6 Å². The highest BCUT2D eigenvalue weighted by atomic mass is 16.4. The maximum absolute atomic E-state index is 11.6. The molecule has 0 saturated carbocycles. The van der Waals surface area contributed by atoms with Crippen LogP contribution >= 0.6 is 0 Å². The minimum atomic E-state index is -1.03. The van der Waals surface area contributed by atoms with Crippen molar-refractivity contribution >= 4 is 12.0 Å². The normalized spacial score (nSPS) is 27.2. The Bertz CT molecular complexity index is 296. The fourth-order valence-corrected chi connectivity index (χ4v) is 2.04. The maximum Gasteiger partial charge on any atom is 0.325 e. The molecule has 0 bridgehead atoms. The molecule has 1 fully saturated rings. The van der Waals surface area contributed by atoms with E-state index in [1.165, 1.54) is 6.92 Å². The largest absolute Gasteiger partial charge is 0.480 e. The highest BCUT2D eigenvalue weighted by molar-refractivity contribution is 5.82. The van der Waals surface area contributed by atoms with Crippen molar-refractivity contribution in [3.63, 3.8) is 0 Å². The van der Waals surface area contributed by atoms with E-state index in [1.54, 1.807) is 0 Å². The number of carbonyl (C=O) groups excluding carboxylic acids is 1. The molecule has 1 rings (SSSR count). The van der Waals surface area contributed by atoms with E-state index in [-0.39, 0.29) is 6.04 Å². The SMILES string of the molecule is CC1CN(C)CCC1NC(=O)N[C@@H](C)C(=O)O. The second-order valence-electron chi connectivity index (χ2n) is 4.81. The molecule has 6 nitrogen and oxygen atoms in total. The molecule has 2 amide bonds. The number of nitrogens with one attached hydrogen (secondary N) is 2. The minimum absolute atomic E-state index is 0.118. The summed E-state index contributed by atoms with van der Waals surface area (Å²) < 4.78 is 0. The molecule has 0 spiro atoms. The number of likely N-dealkylation sites (tertiary alicyclic amines) is 1. The number of amides is 2. The number of aliphatic carboxylic acids is 1. The number of urea groups is 1. The van der Waals surface area contributed by atoms with Gasteiger partial charge in [0, 0.05) is 12.6 Å². The molecule has 0 aromatic heterocycles. The Morgan fingerprint density at radius 2 is 2.12 bits per heavy atom. The van der Waals surface area contributed by atoms with E-state index in [0.717, 1.165) is 19.5 Å². The van der Waals surface area contributed by atoms with Crippen molar-refractivity contribution in [3.8, 4) is 0 Å². The van der Waals surface area contributed by atoms with Crippen molar-refractivity contribution < 1.29 is 14.7 Å². The van der Waals surface area contributed by atoms with E-state index in [1.807, 2.05) is 0 Å². The van der Waals surface area contributed by atoms with Crippen LogP contribution in [0, 0.1) is 5.92 Å². The Labute approximate surface area is 101 Å². The number of rotatable bonds is 3. The van der Waals surface area contributed by atoms with Crippen LogP contribution in [0.25, 0.3) is 0 Å². The monoisotopic (exact) mass is 243 g/mol. The first-order chi connectivity index (χ1) is 7.90. The number of piperidine rings is 1. The van der Waals surface area contributed by atoms with Gasteiger partial charge in [0.05, 0.1) is 0 Å². The van der Waals surface area contributed by atoms with Gasteiger partial charge >= 0.3 is 12.0 Å². The third kappa shape index (κ3) is 4.22. The summed E-state index contributed by atoms with van der Waals surface area (Å²) in [5.74, 6) is -0.656. The van der Waals surface area contributed by atoms with Crippen LogP contribution in [0.3, 0.4) is 0 Å². The summed E-state index contributed by atoms with van der Waals surface area (Å²) in [6.07, 6.45) is 0.895. The Balaban J connectivity index is 2.38. The Morgan fingerprint density at radius 1 is 1.47 bits per heavy atom. The second-order valence-corrected chi connectivity index (χ2v) is 4.81. The number of carbonyl (C=O) groups is 2. The van der Waals surface area contributed by atoms with Crippen LogP contribution in [0.4, 0.5) is 4.79 Å². The van der Waals surface area contributed by atoms with Crippen LogP contribution in [0.2, 0.25) is 0 Å². The number of carboxylic acids is 1. The third-order valence-corrected chi connectivity index (χ3v) is 3.14. The van der Waals surface area contributed by atoms with E-state index in [0.29, 0.717) is 5.92 Å². The smallest absolute Gasteiger partial charge is 0.325 e. The minimum Gasteiger partial charge on any atom is -0.480 e. The molecule has 17 heavy (non-hydrogen) atoms. The zero-order chi connectivity index (χ0) is 13.0. The molecular weight excluding hydrogens is 222 g/mol. The van der Waals surface area contributed by atoms with E-state index in [9.17, 15) is 9.59 Å². The fraction of sp³-hybridized carbons (Fsp3) is 0.818. The maximum atomic E-state index is 11.6. The Hall–Kier alpha value is -1.30. The van der Waals surface area contributed by atoms with Crippen molar-refractivity contribution in [2.75, 3.05) is 20.1 Å². The molecule has 1 heterocycles. The van der Waals surface area contributed by atoms with Crippen LogP contribution < -0.4 is 10.6 Å². The molecule has 3 atom stereocenters. The highest BCUT2D eigenvalue weighted by Crippen LogP contribution is 2.14. The molecule has 6 heteroatoms. The van der Waals surface area contributed by atoms with E-state index in [2.05, 4.69) is 29.5 Å². The molecule has 0 radical (unpaired) electrons. The third-order valence-electron chi connectivity index (χ3n) is 3.14. The molecular formula is C11H21N3O3. The summed E-state index contributed by atoms with van der Waals surface area (Å²) in [4.78, 5) is 24.4. The predicted octanol–water partition coefficient (Wildman–Crippen LogP) is 0.0989. The number of hydrogen-bond acceptors (Lipinski definition) is 3. The van der Waals surface area contributed by atoms with E-state index in [4.69, 9.17) is 5.11 Å². The summed E-state index contributed by atoms with van der Waals surface area (Å²) in [5, 5.41) is 13.9. The van der Waals surface area contributed by atoms with Gasteiger partial charge in [-0.15, -0.1) is 0 Å². The predicted molar refractivity (Wildman–Crippen MR) is 63.8 cm³/mol. The molecule has 98 valence electrons. The first-order valence-electron chi connectivity index (χ1n) is 5.88. The lowest BCUT2D eigenvalue weighted by Gasteiger charge is -2.35. The molecule has 0 aromatic rings. The van der Waals surface area contributed by atoms with Crippen LogP contribution in [-0.2, 0) is 4.79 Å². The Morgan fingerprint density at radius 3 is 2.65 bits per heavy atom. The lowest BCUT2D eigenvalue weighted by atomic mass is 9.94. The van der Waals surface area contributed by atoms with Crippen LogP contribution in [0.5, 0.6) is 0 Å². The van der Waals surface area contributed by atoms with Gasteiger partial charge in [0.25, 0.3) is 0 Å². The molecule has 1 aliphatic rings. The average molecular weight is 243 g/mol. The van der Waals surface area contributed by atoms with Crippen molar-refractivity contribution in [2.45, 2.75) is 32.4 Å². The summed E-state index contributed by atoms with van der Waals surface area (Å²) in [6.45, 7) is 5.42. The molecule has 3 N–H and O–H groups in total. The summed E-state index contributed by atoms with van der Waals surface area (Å²) >= 11 is 0. The first kappa shape index (κ1) is 13.8. The van der Waals surface area contributed by atoms with Crippen molar-refractivity contribution in [2.24, 2.45) is 5.92 Å². The molecule has 1 aliphatic heterocycles. The zero-order valence-electron chi connectivity index (χ0n) is 10.6. The van der Waals surface area contributed by atoms with Gasteiger partial charge in [0.1, 0.15) is 6.04 Å². The second kappa shape index (κ2) is 5.86. The lowest BCUT2D eigenvalue weighted by molar-refractivity contribution is -0.138. The van der Waals surface area contributed by atoms with Crippen molar-refractivity contribution in [1.29, 1.82) is 0 Å². The number of nitrogens with zero attached hydrogens (tertiary/aromatic N) is 1. The summed E-state index contributed by atoms with van der Waals surface area (Å²) in [5.41, 5.74) is 0. The average Bonchev–Trinajstić information content (AvgIpc) is 2.22. The lowest BCUT2D eigenvalue weighted by Crippen LogP contribution is -2.53. The molecule has 1 saturated heterocycles. The van der Waals surface area contributed by atoms with E-state index >= 15 is 0 Å². The van der Waals surface area contributed by atoms with Gasteiger partial charge in [-0.3, -0.25) is 4.79 Å². The topological polar surface area (TPSA) is 81.7 Å². The molecule has 2 unspecified atom stereocenters. The van der Waals surface area contributed by atoms with Crippen LogP contribution in [0.15, 0.2) is 0 Å². The number of carboxylic acid groups (broad SMARTS) is 1. The van der Waals surface area contributed by atoms with Crippen molar-refractivity contribution in [3.05, 3.63) is 0 Å². The van der Waals surface area contributed by atoms with Gasteiger partial charge in [0.2, 0.25) is 0 Å². The van der Waals surface area contributed by atoms with Gasteiger partial charge in [-0.2, -0.15) is 0 Å². The highest BCUT2D eigenvalue weighted by Gasteiger charge is 2.26.